The molecule has 0 aliphatic carbocycles. The average molecular weight is 460 g/mol. The van der Waals surface area contributed by atoms with E-state index in [9.17, 15) is 10.1 Å². The molecule has 0 atom stereocenters. The van der Waals surface area contributed by atoms with Gasteiger partial charge in [0.2, 0.25) is 0 Å². The maximum atomic E-state index is 10.8. The first-order valence-electron chi connectivity index (χ1n) is 8.53. The zero-order chi connectivity index (χ0) is 20.2. The van der Waals surface area contributed by atoms with Crippen LogP contribution in [0.1, 0.15) is 16.4 Å². The molecule has 0 saturated carbocycles. The largest absolute Gasteiger partial charge is 0.366 e. The van der Waals surface area contributed by atoms with E-state index in [4.69, 9.17) is 11.6 Å². The number of rotatable bonds is 13. The van der Waals surface area contributed by atoms with Crippen LogP contribution in [0, 0.1) is 17.0 Å². The van der Waals surface area contributed by atoms with E-state index < -0.39 is 4.92 Å². The lowest BCUT2D eigenvalue weighted by atomic mass is 10.4. The summed E-state index contributed by atoms with van der Waals surface area (Å²) in [6, 6.07) is 3.62. The molecule has 0 spiro atoms. The Labute approximate surface area is 181 Å². The summed E-state index contributed by atoms with van der Waals surface area (Å²) in [5.74, 6) is 3.59. The lowest BCUT2D eigenvalue weighted by Crippen LogP contribution is -2.30. The average Bonchev–Trinajstić information content (AvgIpc) is 3.07. The quantitative estimate of drug-likeness (QED) is 0.264. The summed E-state index contributed by atoms with van der Waals surface area (Å²) >= 11 is 11.1. The summed E-state index contributed by atoms with van der Waals surface area (Å²) in [6.07, 6.45) is 2.68. The van der Waals surface area contributed by atoms with Crippen LogP contribution in [0.15, 0.2) is 35.7 Å². The molecule has 0 aromatic carbocycles. The normalized spacial score (nSPS) is 11.4. The first kappa shape index (κ1) is 22.8. The van der Waals surface area contributed by atoms with Crippen molar-refractivity contribution in [2.45, 2.75) is 18.4 Å². The molecule has 0 unspecified atom stereocenters. The molecule has 28 heavy (non-hydrogen) atoms. The van der Waals surface area contributed by atoms with Crippen LogP contribution in [0.3, 0.4) is 0 Å². The third kappa shape index (κ3) is 9.13. The van der Waals surface area contributed by atoms with Gasteiger partial charge in [-0.15, -0.1) is 11.3 Å². The van der Waals surface area contributed by atoms with E-state index in [0.29, 0.717) is 29.7 Å². The monoisotopic (exact) mass is 459 g/mol. The Hall–Kier alpha value is -1.49. The van der Waals surface area contributed by atoms with Gasteiger partial charge in [-0.3, -0.25) is 15.1 Å². The molecule has 0 amide bonds. The number of aryl methyl sites for hydroxylation is 1. The number of thiazole rings is 1. The van der Waals surface area contributed by atoms with Crippen molar-refractivity contribution in [3.05, 3.63) is 67.3 Å². The maximum Gasteiger partial charge on any atom is 0.274 e. The van der Waals surface area contributed by atoms with Crippen molar-refractivity contribution in [1.29, 1.82) is 0 Å². The number of hydrogen-bond acceptors (Lipinski definition) is 9. The summed E-state index contributed by atoms with van der Waals surface area (Å²) in [5, 5.41) is 20.8. The van der Waals surface area contributed by atoms with Crippen molar-refractivity contribution in [3.8, 4) is 0 Å². The number of hydrogen-bond donors (Lipinski definition) is 2. The van der Waals surface area contributed by atoms with E-state index >= 15 is 0 Å². The lowest BCUT2D eigenvalue weighted by Gasteiger charge is -2.11. The summed E-state index contributed by atoms with van der Waals surface area (Å²) in [7, 11) is 0. The fraction of sp³-hybridized carbons (Fsp3) is 0.412. The van der Waals surface area contributed by atoms with Crippen molar-refractivity contribution in [2.75, 3.05) is 24.6 Å². The molecule has 0 aliphatic rings. The minimum absolute atomic E-state index is 0.423. The molecule has 0 aliphatic heterocycles. The smallest absolute Gasteiger partial charge is 0.274 e. The fourth-order valence-corrected chi connectivity index (χ4v) is 4.67. The van der Waals surface area contributed by atoms with Gasteiger partial charge in [0.25, 0.3) is 6.20 Å². The van der Waals surface area contributed by atoms with Crippen molar-refractivity contribution in [1.82, 2.24) is 20.6 Å². The molecule has 11 heteroatoms. The molecule has 0 saturated heterocycles. The van der Waals surface area contributed by atoms with Gasteiger partial charge in [0.1, 0.15) is 0 Å². The summed E-state index contributed by atoms with van der Waals surface area (Å²) in [4.78, 5) is 19.0. The molecular weight excluding hydrogens is 438 g/mol. The Bertz CT molecular complexity index is 788. The highest BCUT2D eigenvalue weighted by atomic mass is 35.5. The second-order valence-electron chi connectivity index (χ2n) is 5.58. The Morgan fingerprint density at radius 2 is 2.04 bits per heavy atom. The SMILES string of the molecule is Cc1nc(CSCCNC(=C[N+](=O)[O-])NCCSCc2ncccc2Cl)cs1. The number of pyridine rings is 1. The van der Waals surface area contributed by atoms with Crippen LogP contribution in [0.5, 0.6) is 0 Å². The van der Waals surface area contributed by atoms with E-state index in [-0.39, 0.29) is 0 Å². The summed E-state index contributed by atoms with van der Waals surface area (Å²) in [5.41, 5.74) is 1.93. The molecule has 2 N–H and O–H groups in total. The van der Waals surface area contributed by atoms with E-state index in [1.54, 1.807) is 47.1 Å². The van der Waals surface area contributed by atoms with Crippen LogP contribution in [0.25, 0.3) is 0 Å². The van der Waals surface area contributed by atoms with Gasteiger partial charge >= 0.3 is 0 Å². The standard InChI is InChI=1S/C17H22ClN5O2S3/c1-13-22-14(11-28-13)10-26-7-5-20-17(9-23(24)25)21-6-8-27-12-16-15(18)3-2-4-19-16/h2-4,9,11,20-21H,5-8,10,12H2,1H3. The Morgan fingerprint density at radius 3 is 2.64 bits per heavy atom. The number of nitro groups is 1. The van der Waals surface area contributed by atoms with Gasteiger partial charge < -0.3 is 10.6 Å². The van der Waals surface area contributed by atoms with Crippen LogP contribution in [-0.2, 0) is 11.5 Å². The molecule has 0 bridgehead atoms. The van der Waals surface area contributed by atoms with Crippen LogP contribution in [0.4, 0.5) is 0 Å². The first-order valence-corrected chi connectivity index (χ1v) is 12.1. The molecular formula is C17H22ClN5O2S3. The van der Waals surface area contributed by atoms with Crippen molar-refractivity contribution in [2.24, 2.45) is 0 Å². The van der Waals surface area contributed by atoms with Gasteiger partial charge in [-0.2, -0.15) is 23.5 Å². The molecule has 2 aromatic rings. The molecule has 7 nitrogen and oxygen atoms in total. The number of thioether (sulfide) groups is 2. The van der Waals surface area contributed by atoms with Gasteiger partial charge in [0, 0.05) is 47.7 Å². The fourth-order valence-electron chi connectivity index (χ4n) is 2.12. The van der Waals surface area contributed by atoms with Crippen LogP contribution >= 0.6 is 46.5 Å². The van der Waals surface area contributed by atoms with Gasteiger partial charge in [-0.05, 0) is 19.1 Å². The summed E-state index contributed by atoms with van der Waals surface area (Å²) in [6.45, 7) is 3.23. The highest BCUT2D eigenvalue weighted by Crippen LogP contribution is 2.18. The molecule has 0 radical (unpaired) electrons. The molecule has 152 valence electrons. The first-order chi connectivity index (χ1) is 13.5. The zero-order valence-electron chi connectivity index (χ0n) is 15.4. The van der Waals surface area contributed by atoms with Crippen molar-refractivity contribution < 1.29 is 4.92 Å². The molecule has 2 rings (SSSR count). The van der Waals surface area contributed by atoms with Crippen LogP contribution in [-0.4, -0.2) is 39.5 Å². The highest BCUT2D eigenvalue weighted by molar-refractivity contribution is 7.98. The third-order valence-electron chi connectivity index (χ3n) is 3.35. The second kappa shape index (κ2) is 12.9. The number of nitrogens with one attached hydrogen (secondary N) is 2. The minimum Gasteiger partial charge on any atom is -0.366 e. The molecule has 2 heterocycles. The Kier molecular flexibility index (Phi) is 10.5. The molecule has 2 aromatic heterocycles. The number of aromatic nitrogens is 2. The second-order valence-corrected chi connectivity index (χ2v) is 9.26. The topological polar surface area (TPSA) is 93.0 Å². The van der Waals surface area contributed by atoms with E-state index in [0.717, 1.165) is 39.9 Å². The van der Waals surface area contributed by atoms with Crippen molar-refractivity contribution in [3.63, 3.8) is 0 Å². The van der Waals surface area contributed by atoms with Crippen molar-refractivity contribution >= 4 is 46.5 Å². The van der Waals surface area contributed by atoms with E-state index in [2.05, 4.69) is 26.0 Å². The lowest BCUT2D eigenvalue weighted by molar-refractivity contribution is -0.404. The Morgan fingerprint density at radius 1 is 1.32 bits per heavy atom. The zero-order valence-corrected chi connectivity index (χ0v) is 18.6. The van der Waals surface area contributed by atoms with Gasteiger partial charge in [-0.1, -0.05) is 11.6 Å². The maximum absolute atomic E-state index is 10.8. The van der Waals surface area contributed by atoms with E-state index in [1.807, 2.05) is 13.0 Å². The third-order valence-corrected chi connectivity index (χ3v) is 6.48. The number of nitrogens with zero attached hydrogens (tertiary/aromatic N) is 3. The predicted octanol–water partition coefficient (Wildman–Crippen LogP) is 3.92. The molecule has 0 fully saturated rings. The van der Waals surface area contributed by atoms with Crippen LogP contribution < -0.4 is 10.6 Å². The predicted molar refractivity (Wildman–Crippen MR) is 120 cm³/mol. The van der Waals surface area contributed by atoms with Gasteiger partial charge in [-0.25, -0.2) is 4.98 Å². The summed E-state index contributed by atoms with van der Waals surface area (Å²) < 4.78 is 0. The van der Waals surface area contributed by atoms with E-state index in [1.165, 1.54) is 0 Å². The van der Waals surface area contributed by atoms with Crippen LogP contribution in [0.2, 0.25) is 5.02 Å². The number of halogens is 1. The Balaban J connectivity index is 1.62. The highest BCUT2D eigenvalue weighted by Gasteiger charge is 2.04. The minimum atomic E-state index is -0.457. The van der Waals surface area contributed by atoms with Gasteiger partial charge in [0.05, 0.1) is 26.3 Å². The van der Waals surface area contributed by atoms with Gasteiger partial charge in [0.15, 0.2) is 5.82 Å².